The van der Waals surface area contributed by atoms with Gasteiger partial charge in [-0.2, -0.15) is 0 Å². The van der Waals surface area contributed by atoms with Crippen molar-refractivity contribution in [1.82, 2.24) is 0 Å². The molecule has 8 heteroatoms. The Balaban J connectivity index is 1.90. The normalized spacial score (nSPS) is 13.8. The van der Waals surface area contributed by atoms with Crippen molar-refractivity contribution >= 4 is 38.9 Å². The molecule has 1 N–H and O–H groups in total. The fourth-order valence-electron chi connectivity index (χ4n) is 2.46. The maximum atomic E-state index is 12.4. The summed E-state index contributed by atoms with van der Waals surface area (Å²) >= 11 is 5.84. The van der Waals surface area contributed by atoms with Crippen molar-refractivity contribution in [2.75, 3.05) is 22.8 Å². The van der Waals surface area contributed by atoms with E-state index in [1.54, 1.807) is 35.2 Å². The van der Waals surface area contributed by atoms with Crippen molar-refractivity contribution in [3.63, 3.8) is 0 Å². The highest BCUT2D eigenvalue weighted by Gasteiger charge is 2.22. The van der Waals surface area contributed by atoms with Crippen LogP contribution in [0.15, 0.2) is 47.4 Å². The molecule has 0 unspecified atom stereocenters. The molecule has 1 heterocycles. The minimum Gasteiger partial charge on any atom is -0.489 e. The molecule has 2 aromatic rings. The Morgan fingerprint density at radius 3 is 2.75 bits per heavy atom. The van der Waals surface area contributed by atoms with Crippen molar-refractivity contribution < 1.29 is 17.9 Å². The van der Waals surface area contributed by atoms with Crippen LogP contribution in [0.3, 0.4) is 0 Å². The molecule has 2 aromatic carbocycles. The molecular formula is C16H15ClN2O4S. The van der Waals surface area contributed by atoms with Crippen LogP contribution in [0.25, 0.3) is 0 Å². The minimum atomic E-state index is -3.76. The van der Waals surface area contributed by atoms with E-state index in [4.69, 9.17) is 16.3 Å². The summed E-state index contributed by atoms with van der Waals surface area (Å²) < 4.78 is 32.9. The molecule has 0 bridgehead atoms. The van der Waals surface area contributed by atoms with Crippen LogP contribution in [0.2, 0.25) is 5.02 Å². The molecule has 1 amide bonds. The van der Waals surface area contributed by atoms with Crippen molar-refractivity contribution in [3.8, 4) is 5.75 Å². The Bertz CT molecular complexity index is 899. The number of hydrogen-bond donors (Lipinski definition) is 1. The number of amides is 1. The number of sulfonamides is 1. The first-order chi connectivity index (χ1) is 11.4. The van der Waals surface area contributed by atoms with E-state index in [0.717, 1.165) is 0 Å². The lowest BCUT2D eigenvalue weighted by Gasteiger charge is -2.29. The first-order valence-electron chi connectivity index (χ1n) is 7.20. The first-order valence-corrected chi connectivity index (χ1v) is 9.06. The lowest BCUT2D eigenvalue weighted by atomic mass is 10.2. The Hall–Kier alpha value is -2.25. The molecule has 0 saturated carbocycles. The topological polar surface area (TPSA) is 75.7 Å². The van der Waals surface area contributed by atoms with E-state index in [2.05, 4.69) is 4.72 Å². The zero-order valence-corrected chi connectivity index (χ0v) is 14.4. The molecule has 3 rings (SSSR count). The second kappa shape index (κ2) is 6.33. The van der Waals surface area contributed by atoms with Gasteiger partial charge < -0.3 is 9.64 Å². The van der Waals surface area contributed by atoms with Crippen LogP contribution in [-0.4, -0.2) is 27.5 Å². The number of carbonyl (C=O) groups is 1. The second-order valence-corrected chi connectivity index (χ2v) is 7.38. The number of ether oxygens (including phenoxy) is 1. The highest BCUT2D eigenvalue weighted by atomic mass is 35.5. The van der Waals surface area contributed by atoms with E-state index in [1.807, 2.05) is 0 Å². The molecule has 0 atom stereocenters. The number of nitrogens with one attached hydrogen (secondary N) is 1. The van der Waals surface area contributed by atoms with Gasteiger partial charge in [0.2, 0.25) is 5.91 Å². The van der Waals surface area contributed by atoms with Crippen LogP contribution < -0.4 is 14.4 Å². The molecule has 1 aliphatic heterocycles. The standard InChI is InChI=1S/C16H15ClN2O4S/c1-11(20)19-7-8-23-16-10-13(5-6-15(16)19)18-24(21,22)14-4-2-3-12(17)9-14/h2-6,9-10,18H,7-8H2,1H3. The largest absolute Gasteiger partial charge is 0.489 e. The average molecular weight is 367 g/mol. The highest BCUT2D eigenvalue weighted by Crippen LogP contribution is 2.34. The van der Waals surface area contributed by atoms with Crippen LogP contribution in [0, 0.1) is 0 Å². The molecule has 1 aliphatic rings. The quantitative estimate of drug-likeness (QED) is 0.906. The predicted octanol–water partition coefficient (Wildman–Crippen LogP) is 2.89. The number of halogens is 1. The number of anilines is 2. The number of nitrogens with zero attached hydrogens (tertiary/aromatic N) is 1. The van der Waals surface area contributed by atoms with Gasteiger partial charge >= 0.3 is 0 Å². The molecule has 0 aromatic heterocycles. The van der Waals surface area contributed by atoms with E-state index in [1.165, 1.54) is 19.1 Å². The molecule has 6 nitrogen and oxygen atoms in total. The first kappa shape index (κ1) is 16.6. The number of carbonyl (C=O) groups excluding carboxylic acids is 1. The highest BCUT2D eigenvalue weighted by molar-refractivity contribution is 7.92. The summed E-state index contributed by atoms with van der Waals surface area (Å²) in [5.41, 5.74) is 0.971. The van der Waals surface area contributed by atoms with Gasteiger partial charge in [0.15, 0.2) is 0 Å². The summed E-state index contributed by atoms with van der Waals surface area (Å²) in [6.45, 7) is 2.30. The number of benzene rings is 2. The van der Waals surface area contributed by atoms with Crippen molar-refractivity contribution in [2.45, 2.75) is 11.8 Å². The van der Waals surface area contributed by atoms with Crippen molar-refractivity contribution in [1.29, 1.82) is 0 Å². The van der Waals surface area contributed by atoms with Gasteiger partial charge in [-0.15, -0.1) is 0 Å². The zero-order chi connectivity index (χ0) is 17.3. The van der Waals surface area contributed by atoms with Gasteiger partial charge in [-0.1, -0.05) is 17.7 Å². The van der Waals surface area contributed by atoms with Gasteiger partial charge in [0.1, 0.15) is 12.4 Å². The Morgan fingerprint density at radius 1 is 1.25 bits per heavy atom. The Morgan fingerprint density at radius 2 is 2.04 bits per heavy atom. The van der Waals surface area contributed by atoms with Gasteiger partial charge in [-0.25, -0.2) is 8.42 Å². The fourth-order valence-corrected chi connectivity index (χ4v) is 3.81. The monoisotopic (exact) mass is 366 g/mol. The van der Waals surface area contributed by atoms with Crippen molar-refractivity contribution in [3.05, 3.63) is 47.5 Å². The molecular weight excluding hydrogens is 352 g/mol. The molecule has 126 valence electrons. The van der Waals surface area contributed by atoms with Crippen molar-refractivity contribution in [2.24, 2.45) is 0 Å². The molecule has 0 radical (unpaired) electrons. The van der Waals surface area contributed by atoms with Gasteiger partial charge in [0.25, 0.3) is 10.0 Å². The molecule has 0 fully saturated rings. The molecule has 0 spiro atoms. The van der Waals surface area contributed by atoms with Crippen LogP contribution in [0.5, 0.6) is 5.75 Å². The third-order valence-electron chi connectivity index (χ3n) is 3.56. The fraction of sp³-hybridized carbons (Fsp3) is 0.188. The smallest absolute Gasteiger partial charge is 0.261 e. The van der Waals surface area contributed by atoms with Crippen LogP contribution in [0.1, 0.15) is 6.92 Å². The average Bonchev–Trinajstić information content (AvgIpc) is 2.53. The Labute approximate surface area is 145 Å². The van der Waals surface area contributed by atoms with E-state index < -0.39 is 10.0 Å². The van der Waals surface area contributed by atoms with E-state index in [9.17, 15) is 13.2 Å². The van der Waals surface area contributed by atoms with Crippen LogP contribution in [-0.2, 0) is 14.8 Å². The van der Waals surface area contributed by atoms with Crippen LogP contribution in [0.4, 0.5) is 11.4 Å². The summed E-state index contributed by atoms with van der Waals surface area (Å²) in [4.78, 5) is 13.3. The van der Waals surface area contributed by atoms with Crippen LogP contribution >= 0.6 is 11.6 Å². The summed E-state index contributed by atoms with van der Waals surface area (Å²) in [7, 11) is -3.76. The third-order valence-corrected chi connectivity index (χ3v) is 5.18. The predicted molar refractivity (Wildman–Crippen MR) is 92.2 cm³/mol. The van der Waals surface area contributed by atoms with Gasteiger partial charge in [-0.05, 0) is 30.3 Å². The molecule has 0 aliphatic carbocycles. The lowest BCUT2D eigenvalue weighted by Crippen LogP contribution is -2.36. The van der Waals surface area contributed by atoms with E-state index in [-0.39, 0.29) is 10.8 Å². The minimum absolute atomic E-state index is 0.0685. The number of fused-ring (bicyclic) bond motifs is 1. The molecule has 0 saturated heterocycles. The summed E-state index contributed by atoms with van der Waals surface area (Å²) in [6, 6.07) is 10.8. The summed E-state index contributed by atoms with van der Waals surface area (Å²) in [6.07, 6.45) is 0. The van der Waals surface area contributed by atoms with Gasteiger partial charge in [0.05, 0.1) is 22.8 Å². The van der Waals surface area contributed by atoms with Gasteiger partial charge in [-0.3, -0.25) is 9.52 Å². The van der Waals surface area contributed by atoms with E-state index in [0.29, 0.717) is 35.3 Å². The summed E-state index contributed by atoms with van der Waals surface area (Å²) in [5.74, 6) is 0.370. The molecule has 24 heavy (non-hydrogen) atoms. The number of hydrogen-bond acceptors (Lipinski definition) is 4. The zero-order valence-electron chi connectivity index (χ0n) is 12.8. The SMILES string of the molecule is CC(=O)N1CCOc2cc(NS(=O)(=O)c3cccc(Cl)c3)ccc21. The maximum Gasteiger partial charge on any atom is 0.261 e. The Kier molecular flexibility index (Phi) is 4.38. The second-order valence-electron chi connectivity index (χ2n) is 5.26. The number of rotatable bonds is 3. The summed E-state index contributed by atoms with van der Waals surface area (Å²) in [5, 5.41) is 0.337. The maximum absolute atomic E-state index is 12.4. The third kappa shape index (κ3) is 3.32. The van der Waals surface area contributed by atoms with Gasteiger partial charge in [0, 0.05) is 18.0 Å². The van der Waals surface area contributed by atoms with E-state index >= 15 is 0 Å². The lowest BCUT2D eigenvalue weighted by molar-refractivity contribution is -0.116.